The van der Waals surface area contributed by atoms with Crippen LogP contribution in [0, 0.1) is 0 Å². The summed E-state index contributed by atoms with van der Waals surface area (Å²) in [4.78, 5) is 4.20. The van der Waals surface area contributed by atoms with E-state index in [1.165, 1.54) is 20.4 Å². The molecule has 0 spiro atoms. The molecule has 0 aliphatic heterocycles. The van der Waals surface area contributed by atoms with Crippen molar-refractivity contribution < 1.29 is 17.9 Å². The predicted molar refractivity (Wildman–Crippen MR) is 92.1 cm³/mol. The van der Waals surface area contributed by atoms with Gasteiger partial charge in [0.2, 0.25) is 0 Å². The molecule has 0 atom stereocenters. The van der Waals surface area contributed by atoms with Gasteiger partial charge < -0.3 is 9.47 Å². The SMILES string of the molecule is COc1cccc(OC)c1S(=O)(=O)Nc1cnc2ccccc2c1. The zero-order valence-electron chi connectivity index (χ0n) is 13.2. The van der Waals surface area contributed by atoms with Gasteiger partial charge in [0, 0.05) is 5.39 Å². The molecule has 0 aliphatic carbocycles. The van der Waals surface area contributed by atoms with Crippen molar-refractivity contribution in [2.45, 2.75) is 4.90 Å². The first-order valence-electron chi connectivity index (χ1n) is 7.14. The van der Waals surface area contributed by atoms with E-state index >= 15 is 0 Å². The van der Waals surface area contributed by atoms with Crippen molar-refractivity contribution in [2.75, 3.05) is 18.9 Å². The second-order valence-electron chi connectivity index (χ2n) is 5.01. The van der Waals surface area contributed by atoms with Crippen LogP contribution in [0.1, 0.15) is 0 Å². The zero-order valence-corrected chi connectivity index (χ0v) is 14.0. The van der Waals surface area contributed by atoms with Crippen LogP contribution in [0.2, 0.25) is 0 Å². The number of hydrogen-bond acceptors (Lipinski definition) is 5. The van der Waals surface area contributed by atoms with E-state index in [0.29, 0.717) is 5.69 Å². The molecule has 24 heavy (non-hydrogen) atoms. The second-order valence-corrected chi connectivity index (χ2v) is 6.63. The van der Waals surface area contributed by atoms with Gasteiger partial charge in [-0.25, -0.2) is 8.42 Å². The quantitative estimate of drug-likeness (QED) is 0.770. The highest BCUT2D eigenvalue weighted by atomic mass is 32.2. The lowest BCUT2D eigenvalue weighted by Crippen LogP contribution is -2.15. The maximum Gasteiger partial charge on any atom is 0.269 e. The summed E-state index contributed by atoms with van der Waals surface area (Å²) in [5.41, 5.74) is 1.15. The Balaban J connectivity index is 2.05. The predicted octanol–water partition coefficient (Wildman–Crippen LogP) is 3.05. The van der Waals surface area contributed by atoms with Gasteiger partial charge in [-0.15, -0.1) is 0 Å². The van der Waals surface area contributed by atoms with Gasteiger partial charge in [0.05, 0.1) is 31.6 Å². The molecule has 124 valence electrons. The molecule has 0 saturated heterocycles. The van der Waals surface area contributed by atoms with Gasteiger partial charge in [-0.1, -0.05) is 24.3 Å². The Labute approximate surface area is 140 Å². The molecule has 6 nitrogen and oxygen atoms in total. The minimum Gasteiger partial charge on any atom is -0.495 e. The molecule has 1 N–H and O–H groups in total. The summed E-state index contributed by atoms with van der Waals surface area (Å²) in [5.74, 6) is 0.409. The maximum atomic E-state index is 12.8. The first-order chi connectivity index (χ1) is 11.5. The van der Waals surface area contributed by atoms with Crippen LogP contribution >= 0.6 is 0 Å². The Bertz CT molecular complexity index is 965. The molecule has 1 heterocycles. The highest BCUT2D eigenvalue weighted by Gasteiger charge is 2.25. The summed E-state index contributed by atoms with van der Waals surface area (Å²) in [6, 6.07) is 14.0. The highest BCUT2D eigenvalue weighted by molar-refractivity contribution is 7.93. The van der Waals surface area contributed by atoms with Gasteiger partial charge in [-0.2, -0.15) is 0 Å². The topological polar surface area (TPSA) is 77.5 Å². The van der Waals surface area contributed by atoms with Crippen molar-refractivity contribution in [2.24, 2.45) is 0 Å². The third kappa shape index (κ3) is 2.98. The van der Waals surface area contributed by atoms with Crippen LogP contribution in [-0.4, -0.2) is 27.6 Å². The normalized spacial score (nSPS) is 11.2. The Hall–Kier alpha value is -2.80. The number of anilines is 1. The summed E-state index contributed by atoms with van der Waals surface area (Å²) in [7, 11) is -1.09. The van der Waals surface area contributed by atoms with Gasteiger partial charge >= 0.3 is 0 Å². The molecule has 1 aromatic heterocycles. The van der Waals surface area contributed by atoms with Crippen molar-refractivity contribution in [3.63, 3.8) is 0 Å². The fraction of sp³-hybridized carbons (Fsp3) is 0.118. The third-order valence-electron chi connectivity index (χ3n) is 3.49. The summed E-state index contributed by atoms with van der Waals surface area (Å²) >= 11 is 0. The standard InChI is InChI=1S/C17H16N2O4S/c1-22-15-8-5-9-16(23-2)17(15)24(20,21)19-13-10-12-6-3-4-7-14(12)18-11-13/h3-11,19H,1-2H3. The number of benzene rings is 2. The van der Waals surface area contributed by atoms with E-state index < -0.39 is 10.0 Å². The van der Waals surface area contributed by atoms with Crippen LogP contribution in [-0.2, 0) is 10.0 Å². The molecular formula is C17H16N2O4S. The number of sulfonamides is 1. The van der Waals surface area contributed by atoms with Crippen LogP contribution in [0.5, 0.6) is 11.5 Å². The number of para-hydroxylation sites is 1. The smallest absolute Gasteiger partial charge is 0.269 e. The molecular weight excluding hydrogens is 328 g/mol. The Kier molecular flexibility index (Phi) is 4.26. The molecule has 3 aromatic rings. The van der Waals surface area contributed by atoms with Gasteiger partial charge in [0.1, 0.15) is 11.5 Å². The van der Waals surface area contributed by atoms with Crippen LogP contribution in [0.25, 0.3) is 10.9 Å². The number of nitrogens with zero attached hydrogens (tertiary/aromatic N) is 1. The number of hydrogen-bond donors (Lipinski definition) is 1. The van der Waals surface area contributed by atoms with E-state index in [9.17, 15) is 8.42 Å². The lowest BCUT2D eigenvalue weighted by molar-refractivity contribution is 0.373. The van der Waals surface area contributed by atoms with Crippen LogP contribution in [0.3, 0.4) is 0 Å². The molecule has 0 bridgehead atoms. The molecule has 3 rings (SSSR count). The molecule has 0 radical (unpaired) electrons. The van der Waals surface area contributed by atoms with E-state index in [1.807, 2.05) is 24.3 Å². The Morgan fingerprint density at radius 3 is 2.29 bits per heavy atom. The Morgan fingerprint density at radius 1 is 0.958 bits per heavy atom. The molecule has 0 unspecified atom stereocenters. The number of ether oxygens (including phenoxy) is 2. The Morgan fingerprint density at radius 2 is 1.62 bits per heavy atom. The lowest BCUT2D eigenvalue weighted by atomic mass is 10.2. The summed E-state index contributed by atoms with van der Waals surface area (Å²) < 4.78 is 38.5. The molecule has 0 amide bonds. The van der Waals surface area contributed by atoms with Gasteiger partial charge in [-0.05, 0) is 24.3 Å². The number of fused-ring (bicyclic) bond motifs is 1. The average Bonchev–Trinajstić information content (AvgIpc) is 2.60. The second kappa shape index (κ2) is 6.37. The summed E-state index contributed by atoms with van der Waals surface area (Å²) in [5, 5.41) is 0.838. The van der Waals surface area contributed by atoms with E-state index in [-0.39, 0.29) is 16.4 Å². The maximum absolute atomic E-state index is 12.8. The minimum absolute atomic E-state index is 0.0526. The van der Waals surface area contributed by atoms with Crippen molar-refractivity contribution in [3.05, 3.63) is 54.7 Å². The number of pyridine rings is 1. The fourth-order valence-electron chi connectivity index (χ4n) is 2.42. The van der Waals surface area contributed by atoms with Crippen LogP contribution in [0.4, 0.5) is 5.69 Å². The van der Waals surface area contributed by atoms with E-state index in [4.69, 9.17) is 9.47 Å². The monoisotopic (exact) mass is 344 g/mol. The van der Waals surface area contributed by atoms with E-state index in [2.05, 4.69) is 9.71 Å². The first kappa shape index (κ1) is 16.1. The largest absolute Gasteiger partial charge is 0.495 e. The van der Waals surface area contributed by atoms with Crippen LogP contribution in [0.15, 0.2) is 59.6 Å². The zero-order chi connectivity index (χ0) is 17.2. The van der Waals surface area contributed by atoms with Gasteiger partial charge in [0.25, 0.3) is 10.0 Å². The number of rotatable bonds is 5. The van der Waals surface area contributed by atoms with Gasteiger partial charge in [0.15, 0.2) is 4.90 Å². The summed E-state index contributed by atoms with van der Waals surface area (Å²) in [6.07, 6.45) is 1.47. The summed E-state index contributed by atoms with van der Waals surface area (Å²) in [6.45, 7) is 0. The minimum atomic E-state index is -3.91. The number of nitrogens with one attached hydrogen (secondary N) is 1. The molecule has 7 heteroatoms. The van der Waals surface area contributed by atoms with Crippen LogP contribution < -0.4 is 14.2 Å². The number of methoxy groups -OCH3 is 2. The molecule has 0 saturated carbocycles. The van der Waals surface area contributed by atoms with E-state index in [1.54, 1.807) is 24.3 Å². The fourth-order valence-corrected chi connectivity index (χ4v) is 3.77. The highest BCUT2D eigenvalue weighted by Crippen LogP contribution is 2.34. The lowest BCUT2D eigenvalue weighted by Gasteiger charge is -2.14. The molecule has 0 fully saturated rings. The molecule has 2 aromatic carbocycles. The number of aromatic nitrogens is 1. The van der Waals surface area contributed by atoms with Crippen molar-refractivity contribution in [1.82, 2.24) is 4.98 Å². The average molecular weight is 344 g/mol. The van der Waals surface area contributed by atoms with Crippen molar-refractivity contribution in [3.8, 4) is 11.5 Å². The third-order valence-corrected chi connectivity index (χ3v) is 4.94. The van der Waals surface area contributed by atoms with Crippen molar-refractivity contribution in [1.29, 1.82) is 0 Å². The molecule has 0 aliphatic rings. The van der Waals surface area contributed by atoms with Gasteiger partial charge in [-0.3, -0.25) is 9.71 Å². The first-order valence-corrected chi connectivity index (χ1v) is 8.62. The van der Waals surface area contributed by atoms with Crippen molar-refractivity contribution >= 4 is 26.6 Å². The van der Waals surface area contributed by atoms with E-state index in [0.717, 1.165) is 10.9 Å².